The number of aliphatic carboxylic acids is 1. The fourth-order valence-electron chi connectivity index (χ4n) is 4.81. The average molecular weight is 529 g/mol. The number of nitrogens with zero attached hydrogens (tertiary/aromatic N) is 1. The van der Waals surface area contributed by atoms with Crippen LogP contribution in [0.3, 0.4) is 0 Å². The van der Waals surface area contributed by atoms with Crippen LogP contribution in [-0.4, -0.2) is 75.9 Å². The Morgan fingerprint density at radius 1 is 1.13 bits per heavy atom. The van der Waals surface area contributed by atoms with Gasteiger partial charge in [-0.1, -0.05) is 32.0 Å². The first-order chi connectivity index (χ1) is 18.1. The first kappa shape index (κ1) is 29.1. The Kier molecular flexibility index (Phi) is 10.3. The molecule has 208 valence electrons. The van der Waals surface area contributed by atoms with Crippen molar-refractivity contribution in [2.75, 3.05) is 13.1 Å². The summed E-state index contributed by atoms with van der Waals surface area (Å²) in [6.45, 7) is 4.45. The lowest BCUT2D eigenvalue weighted by atomic mass is 10.0. The first-order valence-electron chi connectivity index (χ1n) is 13.3. The van der Waals surface area contributed by atoms with E-state index in [2.05, 4.69) is 15.6 Å². The van der Waals surface area contributed by atoms with Crippen LogP contribution in [0.2, 0.25) is 0 Å². The van der Waals surface area contributed by atoms with E-state index < -0.39 is 42.0 Å². The highest BCUT2D eigenvalue weighted by Crippen LogP contribution is 2.22. The third kappa shape index (κ3) is 7.11. The summed E-state index contributed by atoms with van der Waals surface area (Å²) in [5.41, 5.74) is 13.2. The van der Waals surface area contributed by atoms with E-state index in [1.807, 2.05) is 38.1 Å². The van der Waals surface area contributed by atoms with Crippen LogP contribution in [0, 0.1) is 5.92 Å². The lowest BCUT2D eigenvalue weighted by Gasteiger charge is -2.30. The van der Waals surface area contributed by atoms with E-state index in [1.54, 1.807) is 6.20 Å². The van der Waals surface area contributed by atoms with Gasteiger partial charge in [-0.15, -0.1) is 0 Å². The number of carboxylic acid groups (broad SMARTS) is 1. The highest BCUT2D eigenvalue weighted by Gasteiger charge is 2.39. The number of nitrogens with two attached hydrogens (primary N) is 2. The number of carbonyl (C=O) groups excluding carboxylic acids is 3. The molecular formula is C27H40N6O5. The number of aromatic amines is 1. The Hall–Kier alpha value is -3.44. The monoisotopic (exact) mass is 528 g/mol. The maximum Gasteiger partial charge on any atom is 0.326 e. The molecule has 1 aliphatic heterocycles. The fraction of sp³-hybridized carbons (Fsp3) is 0.556. The standard InChI is InChI=1S/C27H40N6O5/c1-16(2)23(29)25(35)31-20(10-5-6-12-28)26(36)33-13-7-11-22(33)24(34)32-21(27(37)38)14-17-15-30-19-9-4-3-8-18(17)19/h3-4,8-9,15-16,20-23,30H,5-7,10-14,28-29H2,1-2H3,(H,31,35)(H,32,34)(H,37,38). The molecule has 1 aromatic carbocycles. The maximum atomic E-state index is 13.5. The van der Waals surface area contributed by atoms with Gasteiger partial charge in [0, 0.05) is 30.1 Å². The number of hydrogen-bond donors (Lipinski definition) is 6. The quantitative estimate of drug-likeness (QED) is 0.208. The van der Waals surface area contributed by atoms with Crippen molar-refractivity contribution < 1.29 is 24.3 Å². The number of benzene rings is 1. The zero-order valence-electron chi connectivity index (χ0n) is 22.1. The summed E-state index contributed by atoms with van der Waals surface area (Å²) in [4.78, 5) is 56.1. The number of H-pyrrole nitrogens is 1. The van der Waals surface area contributed by atoms with Crippen molar-refractivity contribution in [2.45, 2.75) is 76.5 Å². The lowest BCUT2D eigenvalue weighted by Crippen LogP contribution is -2.57. The molecule has 1 fully saturated rings. The summed E-state index contributed by atoms with van der Waals surface area (Å²) in [6.07, 6.45) is 4.53. The minimum Gasteiger partial charge on any atom is -0.480 e. The van der Waals surface area contributed by atoms with Crippen LogP contribution in [0.25, 0.3) is 10.9 Å². The smallest absolute Gasteiger partial charge is 0.326 e. The maximum absolute atomic E-state index is 13.5. The number of unbranched alkanes of at least 4 members (excludes halogenated alkanes) is 1. The second-order valence-corrected chi connectivity index (χ2v) is 10.3. The van der Waals surface area contributed by atoms with Gasteiger partial charge in [-0.25, -0.2) is 4.79 Å². The van der Waals surface area contributed by atoms with Gasteiger partial charge < -0.3 is 37.1 Å². The van der Waals surface area contributed by atoms with Crippen molar-refractivity contribution in [1.82, 2.24) is 20.5 Å². The zero-order valence-corrected chi connectivity index (χ0v) is 22.1. The Labute approximate surface area is 222 Å². The predicted molar refractivity (Wildman–Crippen MR) is 144 cm³/mol. The summed E-state index contributed by atoms with van der Waals surface area (Å²) >= 11 is 0. The molecule has 0 saturated carbocycles. The highest BCUT2D eigenvalue weighted by atomic mass is 16.4. The van der Waals surface area contributed by atoms with E-state index in [0.29, 0.717) is 45.2 Å². The first-order valence-corrected chi connectivity index (χ1v) is 13.3. The van der Waals surface area contributed by atoms with E-state index in [-0.39, 0.29) is 18.2 Å². The van der Waals surface area contributed by atoms with E-state index in [1.165, 1.54) is 4.90 Å². The van der Waals surface area contributed by atoms with Crippen molar-refractivity contribution in [3.63, 3.8) is 0 Å². The van der Waals surface area contributed by atoms with Crippen molar-refractivity contribution in [3.05, 3.63) is 36.0 Å². The van der Waals surface area contributed by atoms with Crippen molar-refractivity contribution in [3.8, 4) is 0 Å². The number of rotatable bonds is 13. The number of carboxylic acids is 1. The molecule has 4 unspecified atom stereocenters. The summed E-state index contributed by atoms with van der Waals surface area (Å²) < 4.78 is 0. The van der Waals surface area contributed by atoms with Crippen molar-refractivity contribution in [1.29, 1.82) is 0 Å². The van der Waals surface area contributed by atoms with Gasteiger partial charge in [0.25, 0.3) is 0 Å². The van der Waals surface area contributed by atoms with Crippen LogP contribution >= 0.6 is 0 Å². The SMILES string of the molecule is CC(C)C(N)C(=O)NC(CCCCN)C(=O)N1CCCC1C(=O)NC(Cc1c[nH]c2ccccc12)C(=O)O. The van der Waals surface area contributed by atoms with Gasteiger partial charge in [0.1, 0.15) is 18.1 Å². The summed E-state index contributed by atoms with van der Waals surface area (Å²) in [6, 6.07) is 3.95. The molecule has 38 heavy (non-hydrogen) atoms. The zero-order chi connectivity index (χ0) is 27.8. The molecule has 1 aromatic heterocycles. The number of aromatic nitrogens is 1. The molecule has 2 heterocycles. The Bertz CT molecular complexity index is 1130. The van der Waals surface area contributed by atoms with Gasteiger partial charge in [-0.2, -0.15) is 0 Å². The number of hydrogen-bond acceptors (Lipinski definition) is 6. The Balaban J connectivity index is 1.72. The Morgan fingerprint density at radius 3 is 2.55 bits per heavy atom. The van der Waals surface area contributed by atoms with Crippen LogP contribution in [0.5, 0.6) is 0 Å². The summed E-state index contributed by atoms with van der Waals surface area (Å²) in [5.74, 6) is -2.57. The van der Waals surface area contributed by atoms with Crippen LogP contribution in [0.15, 0.2) is 30.5 Å². The molecule has 0 spiro atoms. The topological polar surface area (TPSA) is 184 Å². The highest BCUT2D eigenvalue weighted by molar-refractivity contribution is 5.94. The minimum absolute atomic E-state index is 0.0939. The van der Waals surface area contributed by atoms with E-state index in [0.717, 1.165) is 16.5 Å². The van der Waals surface area contributed by atoms with Crippen molar-refractivity contribution >= 4 is 34.6 Å². The molecule has 0 radical (unpaired) electrons. The normalized spacial score (nSPS) is 17.8. The average Bonchev–Trinajstić information content (AvgIpc) is 3.54. The molecule has 0 bridgehead atoms. The molecule has 1 aliphatic rings. The van der Waals surface area contributed by atoms with Crippen LogP contribution < -0.4 is 22.1 Å². The van der Waals surface area contributed by atoms with Gasteiger partial charge in [0.15, 0.2) is 0 Å². The van der Waals surface area contributed by atoms with E-state index in [9.17, 15) is 24.3 Å². The van der Waals surface area contributed by atoms with Crippen LogP contribution in [0.4, 0.5) is 0 Å². The molecule has 2 aromatic rings. The molecule has 3 rings (SSSR count). The third-order valence-electron chi connectivity index (χ3n) is 7.13. The van der Waals surface area contributed by atoms with Gasteiger partial charge in [-0.3, -0.25) is 14.4 Å². The molecular weight excluding hydrogens is 488 g/mol. The van der Waals surface area contributed by atoms with E-state index in [4.69, 9.17) is 11.5 Å². The number of fused-ring (bicyclic) bond motifs is 1. The molecule has 1 saturated heterocycles. The second-order valence-electron chi connectivity index (χ2n) is 10.3. The number of carbonyl (C=O) groups is 4. The fourth-order valence-corrected chi connectivity index (χ4v) is 4.81. The van der Waals surface area contributed by atoms with Crippen LogP contribution in [0.1, 0.15) is 51.5 Å². The minimum atomic E-state index is -1.16. The summed E-state index contributed by atoms with van der Waals surface area (Å²) in [7, 11) is 0. The molecule has 11 heteroatoms. The predicted octanol–water partition coefficient (Wildman–Crippen LogP) is 0.868. The van der Waals surface area contributed by atoms with Gasteiger partial charge in [0.05, 0.1) is 6.04 Å². The molecule has 4 atom stereocenters. The second kappa shape index (κ2) is 13.4. The van der Waals surface area contributed by atoms with E-state index >= 15 is 0 Å². The number of nitrogens with one attached hydrogen (secondary N) is 3. The Morgan fingerprint density at radius 2 is 1.87 bits per heavy atom. The third-order valence-corrected chi connectivity index (χ3v) is 7.13. The molecule has 8 N–H and O–H groups in total. The van der Waals surface area contributed by atoms with Crippen molar-refractivity contribution in [2.24, 2.45) is 17.4 Å². The lowest BCUT2D eigenvalue weighted by molar-refractivity contribution is -0.145. The largest absolute Gasteiger partial charge is 0.480 e. The summed E-state index contributed by atoms with van der Waals surface area (Å²) in [5, 5.41) is 16.1. The number of amides is 3. The van der Waals surface area contributed by atoms with Gasteiger partial charge in [0.2, 0.25) is 17.7 Å². The number of para-hydroxylation sites is 1. The number of likely N-dealkylation sites (tertiary alicyclic amines) is 1. The van der Waals surface area contributed by atoms with Gasteiger partial charge in [-0.05, 0) is 56.2 Å². The molecule has 0 aliphatic carbocycles. The van der Waals surface area contributed by atoms with Crippen LogP contribution in [-0.2, 0) is 25.6 Å². The molecule has 11 nitrogen and oxygen atoms in total. The molecule has 3 amide bonds. The van der Waals surface area contributed by atoms with Gasteiger partial charge >= 0.3 is 5.97 Å².